The maximum atomic E-state index is 12.3. The molecule has 1 aliphatic rings. The number of rotatable bonds is 7. The second kappa shape index (κ2) is 7.82. The first-order valence-corrected chi connectivity index (χ1v) is 8.80. The molecule has 1 N–H and O–H groups in total. The molecule has 4 heteroatoms. The lowest BCUT2D eigenvalue weighted by Crippen LogP contribution is -2.47. The summed E-state index contributed by atoms with van der Waals surface area (Å²) in [7, 11) is 0. The van der Waals surface area contributed by atoms with Gasteiger partial charge in [0.05, 0.1) is 0 Å². The molecule has 132 valence electrons. The Kier molecular flexibility index (Phi) is 6.03. The second-order valence-electron chi connectivity index (χ2n) is 7.35. The molecule has 0 aromatic heterocycles. The van der Waals surface area contributed by atoms with Crippen molar-refractivity contribution in [2.45, 2.75) is 59.0 Å². The van der Waals surface area contributed by atoms with Crippen molar-refractivity contribution in [2.24, 2.45) is 17.3 Å². The molecule has 0 radical (unpaired) electrons. The van der Waals surface area contributed by atoms with Crippen LogP contribution in [0.2, 0.25) is 0 Å². The molecule has 0 amide bonds. The van der Waals surface area contributed by atoms with Crippen molar-refractivity contribution < 1.29 is 19.4 Å². The van der Waals surface area contributed by atoms with Crippen molar-refractivity contribution in [3.63, 3.8) is 0 Å². The van der Waals surface area contributed by atoms with Gasteiger partial charge < -0.3 is 9.84 Å². The lowest BCUT2D eigenvalue weighted by molar-refractivity contribution is -0.170. The Bertz CT molecular complexity index is 566. The molecule has 0 heterocycles. The van der Waals surface area contributed by atoms with Gasteiger partial charge in [0.2, 0.25) is 0 Å². The van der Waals surface area contributed by atoms with Crippen molar-refractivity contribution in [1.82, 2.24) is 0 Å². The summed E-state index contributed by atoms with van der Waals surface area (Å²) in [6.45, 7) is 5.59. The Hall–Kier alpha value is -1.84. The molecule has 24 heavy (non-hydrogen) atoms. The van der Waals surface area contributed by atoms with Crippen LogP contribution in [0.4, 0.5) is 0 Å². The minimum Gasteiger partial charge on any atom is -0.481 e. The molecule has 1 fully saturated rings. The lowest BCUT2D eigenvalue weighted by Gasteiger charge is -2.39. The number of carbonyl (C=O) groups is 2. The molecule has 3 atom stereocenters. The van der Waals surface area contributed by atoms with Gasteiger partial charge in [-0.3, -0.25) is 9.59 Å². The van der Waals surface area contributed by atoms with Gasteiger partial charge in [-0.15, -0.1) is 0 Å². The monoisotopic (exact) mass is 332 g/mol. The van der Waals surface area contributed by atoms with Crippen molar-refractivity contribution in [3.8, 4) is 0 Å². The summed E-state index contributed by atoms with van der Waals surface area (Å²) < 4.78 is 5.47. The van der Waals surface area contributed by atoms with Crippen LogP contribution in [0.3, 0.4) is 0 Å². The third kappa shape index (κ3) is 3.97. The average molecular weight is 332 g/mol. The van der Waals surface area contributed by atoms with Crippen LogP contribution in [-0.4, -0.2) is 23.1 Å². The van der Waals surface area contributed by atoms with E-state index < -0.39 is 23.5 Å². The zero-order chi connectivity index (χ0) is 17.7. The minimum atomic E-state index is -0.980. The molecule has 0 spiro atoms. The Morgan fingerprint density at radius 2 is 1.96 bits per heavy atom. The molecule has 3 unspecified atom stereocenters. The van der Waals surface area contributed by atoms with Crippen LogP contribution >= 0.6 is 0 Å². The van der Waals surface area contributed by atoms with Crippen LogP contribution in [0, 0.1) is 17.3 Å². The molecular weight excluding hydrogens is 304 g/mol. The summed E-state index contributed by atoms with van der Waals surface area (Å²) in [6, 6.07) is 10.0. The van der Waals surface area contributed by atoms with E-state index in [2.05, 4.69) is 13.8 Å². The van der Waals surface area contributed by atoms with E-state index in [9.17, 15) is 14.7 Å². The van der Waals surface area contributed by atoms with Gasteiger partial charge in [0.15, 0.2) is 0 Å². The highest BCUT2D eigenvalue weighted by molar-refractivity contribution is 5.77. The van der Waals surface area contributed by atoms with Crippen LogP contribution in [-0.2, 0) is 20.7 Å². The highest BCUT2D eigenvalue weighted by atomic mass is 16.5. The molecule has 4 nitrogen and oxygen atoms in total. The average Bonchev–Trinajstić information content (AvgIpc) is 2.91. The maximum absolute atomic E-state index is 12.3. The van der Waals surface area contributed by atoms with Gasteiger partial charge in [0.1, 0.15) is 11.5 Å². The highest BCUT2D eigenvalue weighted by Gasteiger charge is 2.56. The van der Waals surface area contributed by atoms with Gasteiger partial charge >= 0.3 is 11.9 Å². The molecule has 0 bridgehead atoms. The Morgan fingerprint density at radius 1 is 1.29 bits per heavy atom. The van der Waals surface area contributed by atoms with Crippen molar-refractivity contribution in [1.29, 1.82) is 0 Å². The molecule has 1 aromatic rings. The maximum Gasteiger partial charge on any atom is 0.313 e. The van der Waals surface area contributed by atoms with Crippen molar-refractivity contribution in [3.05, 3.63) is 35.9 Å². The Labute approximate surface area is 144 Å². The van der Waals surface area contributed by atoms with Crippen LogP contribution in [0.15, 0.2) is 30.3 Å². The van der Waals surface area contributed by atoms with E-state index in [1.807, 2.05) is 30.3 Å². The normalized spacial score (nSPS) is 24.8. The number of ether oxygens (including phenoxy) is 1. The van der Waals surface area contributed by atoms with Gasteiger partial charge in [0.25, 0.3) is 0 Å². The van der Waals surface area contributed by atoms with Gasteiger partial charge in [-0.1, -0.05) is 44.2 Å². The predicted molar refractivity (Wildman–Crippen MR) is 92.6 cm³/mol. The minimum absolute atomic E-state index is 0.0516. The van der Waals surface area contributed by atoms with E-state index in [1.165, 1.54) is 6.92 Å². The van der Waals surface area contributed by atoms with E-state index in [-0.39, 0.29) is 5.92 Å². The van der Waals surface area contributed by atoms with Crippen LogP contribution < -0.4 is 0 Å². The molecule has 0 aliphatic heterocycles. The standard InChI is InChI=1S/C20H28O4/c1-14(2)12-17(13-16-8-5-4-6-9-16)20(19(22)23)11-7-10-18(20)24-15(3)21/h4-6,8-9,14,17-18H,7,10-13H2,1-3H3,(H,22,23). The van der Waals surface area contributed by atoms with Crippen LogP contribution in [0.5, 0.6) is 0 Å². The number of benzene rings is 1. The topological polar surface area (TPSA) is 63.6 Å². The first-order chi connectivity index (χ1) is 11.4. The second-order valence-corrected chi connectivity index (χ2v) is 7.35. The van der Waals surface area contributed by atoms with E-state index >= 15 is 0 Å². The van der Waals surface area contributed by atoms with Crippen molar-refractivity contribution >= 4 is 11.9 Å². The first kappa shape index (κ1) is 18.5. The molecule has 0 saturated heterocycles. The van der Waals surface area contributed by atoms with E-state index in [0.29, 0.717) is 25.2 Å². The number of carboxylic acid groups (broad SMARTS) is 1. The van der Waals surface area contributed by atoms with Gasteiger partial charge in [-0.2, -0.15) is 0 Å². The fraction of sp³-hybridized carbons (Fsp3) is 0.600. The Morgan fingerprint density at radius 3 is 2.50 bits per heavy atom. The van der Waals surface area contributed by atoms with Crippen LogP contribution in [0.1, 0.15) is 52.0 Å². The molecule has 1 aromatic carbocycles. The van der Waals surface area contributed by atoms with E-state index in [1.54, 1.807) is 0 Å². The fourth-order valence-corrected chi connectivity index (χ4v) is 4.19. The van der Waals surface area contributed by atoms with E-state index in [4.69, 9.17) is 4.74 Å². The molecule has 1 saturated carbocycles. The highest BCUT2D eigenvalue weighted by Crippen LogP contribution is 2.49. The summed E-state index contributed by atoms with van der Waals surface area (Å²) in [4.78, 5) is 23.8. The summed E-state index contributed by atoms with van der Waals surface area (Å²) in [5, 5.41) is 10.1. The number of esters is 1. The SMILES string of the molecule is CC(=O)OC1CCCC1(C(=O)O)C(Cc1ccccc1)CC(C)C. The number of carboxylic acids is 1. The van der Waals surface area contributed by atoms with Gasteiger partial charge in [0, 0.05) is 6.92 Å². The summed E-state index contributed by atoms with van der Waals surface area (Å²) in [5.41, 5.74) is 0.156. The number of hydrogen-bond donors (Lipinski definition) is 1. The first-order valence-electron chi connectivity index (χ1n) is 8.80. The lowest BCUT2D eigenvalue weighted by atomic mass is 9.67. The number of aliphatic carboxylic acids is 1. The molecule has 1 aliphatic carbocycles. The van der Waals surface area contributed by atoms with Gasteiger partial charge in [-0.05, 0) is 49.5 Å². The zero-order valence-electron chi connectivity index (χ0n) is 14.8. The molecular formula is C20H28O4. The van der Waals surface area contributed by atoms with Gasteiger partial charge in [-0.25, -0.2) is 0 Å². The third-order valence-electron chi connectivity index (χ3n) is 5.15. The number of hydrogen-bond acceptors (Lipinski definition) is 3. The summed E-state index contributed by atoms with van der Waals surface area (Å²) in [5.74, 6) is -0.888. The quantitative estimate of drug-likeness (QED) is 0.764. The third-order valence-corrected chi connectivity index (χ3v) is 5.15. The smallest absolute Gasteiger partial charge is 0.313 e. The summed E-state index contributed by atoms with van der Waals surface area (Å²) >= 11 is 0. The van der Waals surface area contributed by atoms with Crippen molar-refractivity contribution in [2.75, 3.05) is 0 Å². The Balaban J connectivity index is 2.37. The number of carbonyl (C=O) groups excluding carboxylic acids is 1. The largest absolute Gasteiger partial charge is 0.481 e. The molecule has 2 rings (SSSR count). The summed E-state index contributed by atoms with van der Waals surface area (Å²) in [6.07, 6.45) is 2.97. The fourth-order valence-electron chi connectivity index (χ4n) is 4.19. The van der Waals surface area contributed by atoms with Crippen LogP contribution in [0.25, 0.3) is 0 Å². The zero-order valence-corrected chi connectivity index (χ0v) is 14.8. The predicted octanol–water partition coefficient (Wildman–Crippen LogP) is 4.08. The van der Waals surface area contributed by atoms with E-state index in [0.717, 1.165) is 18.4 Å².